The van der Waals surface area contributed by atoms with Gasteiger partial charge in [0.25, 0.3) is 0 Å². The summed E-state index contributed by atoms with van der Waals surface area (Å²) in [5.74, 6) is 1.58. The van der Waals surface area contributed by atoms with Gasteiger partial charge in [-0.25, -0.2) is 4.98 Å². The summed E-state index contributed by atoms with van der Waals surface area (Å²) in [7, 11) is 0. The number of para-hydroxylation sites is 1. The van der Waals surface area contributed by atoms with E-state index in [9.17, 15) is 0 Å². The van der Waals surface area contributed by atoms with E-state index in [1.165, 1.54) is 0 Å². The molecule has 0 spiro atoms. The van der Waals surface area contributed by atoms with Gasteiger partial charge in [-0.1, -0.05) is 29.5 Å². The topological polar surface area (TPSA) is 59.9 Å². The minimum atomic E-state index is 0.694. The smallest absolute Gasteiger partial charge is 0.184 e. The lowest BCUT2D eigenvalue weighted by molar-refractivity contribution is 0.489. The maximum atomic E-state index is 6.15. The Bertz CT molecular complexity index is 1250. The molecule has 5 aromatic rings. The van der Waals surface area contributed by atoms with Crippen LogP contribution in [0.15, 0.2) is 79.3 Å². The molecule has 0 radical (unpaired) electrons. The molecule has 0 aliphatic rings. The molecule has 0 saturated heterocycles. The van der Waals surface area contributed by atoms with Crippen molar-refractivity contribution >= 4 is 37.6 Å². The van der Waals surface area contributed by atoms with Gasteiger partial charge in [0.2, 0.25) is 0 Å². The lowest BCUT2D eigenvalue weighted by Crippen LogP contribution is -1.98. The highest BCUT2D eigenvalue weighted by atomic mass is 32.1. The summed E-state index contributed by atoms with van der Waals surface area (Å²) in [6, 6.07) is 19.8. The summed E-state index contributed by atoms with van der Waals surface area (Å²) < 4.78 is 7.22. The van der Waals surface area contributed by atoms with Gasteiger partial charge in [-0.3, -0.25) is 9.97 Å². The fraction of sp³-hybridized carbons (Fsp3) is 0.0455. The number of hydrogen-bond acceptors (Lipinski definition) is 6. The highest BCUT2D eigenvalue weighted by molar-refractivity contribution is 7.22. The van der Waals surface area contributed by atoms with Gasteiger partial charge in [0.05, 0.1) is 15.7 Å². The molecule has 6 heteroatoms. The molecule has 2 aromatic carbocycles. The van der Waals surface area contributed by atoms with Crippen molar-refractivity contribution in [2.24, 2.45) is 0 Å². The summed E-state index contributed by atoms with van der Waals surface area (Å²) in [4.78, 5) is 13.2. The minimum absolute atomic E-state index is 0.694. The largest absolute Gasteiger partial charge is 0.457 e. The zero-order valence-corrected chi connectivity index (χ0v) is 15.7. The number of pyridine rings is 2. The summed E-state index contributed by atoms with van der Waals surface area (Å²) in [6.07, 6.45) is 5.39. The lowest BCUT2D eigenvalue weighted by Gasteiger charge is -2.08. The van der Waals surface area contributed by atoms with E-state index in [0.717, 1.165) is 43.3 Å². The van der Waals surface area contributed by atoms with Gasteiger partial charge < -0.3 is 10.1 Å². The molecule has 5 rings (SSSR count). The van der Waals surface area contributed by atoms with Crippen molar-refractivity contribution < 1.29 is 4.74 Å². The second-order valence-corrected chi connectivity index (χ2v) is 7.32. The van der Waals surface area contributed by atoms with E-state index in [-0.39, 0.29) is 0 Å². The number of rotatable bonds is 5. The van der Waals surface area contributed by atoms with Crippen LogP contribution in [0.5, 0.6) is 11.5 Å². The average molecular weight is 384 g/mol. The standard InChI is InChI=1S/C22H16N4OS/c1-2-6-18-17(5-1)20(9-11-24-18)27-16-7-8-19-21(12-16)28-22(26-19)25-14-15-4-3-10-23-13-15/h1-13H,14H2,(H,25,26). The molecule has 0 aliphatic carbocycles. The van der Waals surface area contributed by atoms with Crippen molar-refractivity contribution in [1.29, 1.82) is 0 Å². The number of anilines is 1. The maximum Gasteiger partial charge on any atom is 0.184 e. The number of nitrogens with zero attached hydrogens (tertiary/aromatic N) is 3. The highest BCUT2D eigenvalue weighted by Crippen LogP contribution is 2.33. The normalized spacial score (nSPS) is 11.0. The first-order valence-electron chi connectivity index (χ1n) is 8.90. The van der Waals surface area contributed by atoms with Crippen LogP contribution >= 0.6 is 11.3 Å². The van der Waals surface area contributed by atoms with E-state index in [4.69, 9.17) is 4.74 Å². The number of thiazole rings is 1. The first kappa shape index (κ1) is 16.6. The summed E-state index contributed by atoms with van der Waals surface area (Å²) in [6.45, 7) is 0.694. The third kappa shape index (κ3) is 3.37. The monoisotopic (exact) mass is 384 g/mol. The minimum Gasteiger partial charge on any atom is -0.457 e. The molecule has 0 saturated carbocycles. The van der Waals surface area contributed by atoms with Crippen LogP contribution < -0.4 is 10.1 Å². The van der Waals surface area contributed by atoms with Crippen LogP contribution in [0.25, 0.3) is 21.1 Å². The Balaban J connectivity index is 1.39. The molecular weight excluding hydrogens is 368 g/mol. The van der Waals surface area contributed by atoms with E-state index in [0.29, 0.717) is 6.54 Å². The third-order valence-corrected chi connectivity index (χ3v) is 5.34. The van der Waals surface area contributed by atoms with E-state index in [1.54, 1.807) is 23.7 Å². The SMILES string of the molecule is c1cncc(CNc2nc3ccc(Oc4ccnc5ccccc45)cc3s2)c1. The van der Waals surface area contributed by atoms with Crippen LogP contribution in [0.3, 0.4) is 0 Å². The molecule has 1 N–H and O–H groups in total. The number of nitrogens with one attached hydrogen (secondary N) is 1. The summed E-state index contributed by atoms with van der Waals surface area (Å²) in [5, 5.41) is 5.24. The molecule has 3 heterocycles. The molecule has 3 aromatic heterocycles. The first-order valence-corrected chi connectivity index (χ1v) is 9.72. The van der Waals surface area contributed by atoms with Crippen molar-refractivity contribution in [3.8, 4) is 11.5 Å². The van der Waals surface area contributed by atoms with E-state index < -0.39 is 0 Å². The van der Waals surface area contributed by atoms with Crippen LogP contribution in [0.1, 0.15) is 5.56 Å². The van der Waals surface area contributed by atoms with Crippen molar-refractivity contribution in [3.63, 3.8) is 0 Å². The van der Waals surface area contributed by atoms with Gasteiger partial charge in [-0.05, 0) is 42.0 Å². The molecule has 0 unspecified atom stereocenters. The predicted octanol–water partition coefficient (Wildman–Crippen LogP) is 5.64. The fourth-order valence-corrected chi connectivity index (χ4v) is 3.90. The maximum absolute atomic E-state index is 6.15. The van der Waals surface area contributed by atoms with E-state index >= 15 is 0 Å². The zero-order chi connectivity index (χ0) is 18.8. The lowest BCUT2D eigenvalue weighted by atomic mass is 10.2. The van der Waals surface area contributed by atoms with Gasteiger partial charge in [0, 0.05) is 36.6 Å². The molecule has 5 nitrogen and oxygen atoms in total. The van der Waals surface area contributed by atoms with Crippen molar-refractivity contribution in [3.05, 3.63) is 84.8 Å². The Kier molecular flexibility index (Phi) is 4.31. The van der Waals surface area contributed by atoms with Crippen LogP contribution in [0, 0.1) is 0 Å². The Hall–Kier alpha value is -3.51. The van der Waals surface area contributed by atoms with E-state index in [2.05, 4.69) is 20.3 Å². The van der Waals surface area contributed by atoms with Crippen LogP contribution in [-0.2, 0) is 6.54 Å². The molecule has 136 valence electrons. The van der Waals surface area contributed by atoms with Gasteiger partial charge >= 0.3 is 0 Å². The quantitative estimate of drug-likeness (QED) is 0.425. The van der Waals surface area contributed by atoms with Crippen molar-refractivity contribution in [2.45, 2.75) is 6.54 Å². The molecule has 0 atom stereocenters. The van der Waals surface area contributed by atoms with Gasteiger partial charge in [0.15, 0.2) is 5.13 Å². The van der Waals surface area contributed by atoms with Crippen LogP contribution in [0.4, 0.5) is 5.13 Å². The fourth-order valence-electron chi connectivity index (χ4n) is 3.01. The number of aromatic nitrogens is 3. The van der Waals surface area contributed by atoms with Crippen LogP contribution in [0.2, 0.25) is 0 Å². The molecule has 0 fully saturated rings. The molecule has 0 bridgehead atoms. The third-order valence-electron chi connectivity index (χ3n) is 4.36. The summed E-state index contributed by atoms with van der Waals surface area (Å²) in [5.41, 5.74) is 2.99. The average Bonchev–Trinajstić information content (AvgIpc) is 3.16. The molecular formula is C22H16N4OS. The van der Waals surface area contributed by atoms with E-state index in [1.807, 2.05) is 66.9 Å². The Morgan fingerprint density at radius 2 is 1.89 bits per heavy atom. The predicted molar refractivity (Wildman–Crippen MR) is 113 cm³/mol. The second kappa shape index (κ2) is 7.25. The first-order chi connectivity index (χ1) is 13.8. The zero-order valence-electron chi connectivity index (χ0n) is 14.9. The number of fused-ring (bicyclic) bond motifs is 2. The van der Waals surface area contributed by atoms with Crippen molar-refractivity contribution in [2.75, 3.05) is 5.32 Å². The van der Waals surface area contributed by atoms with Gasteiger partial charge in [-0.15, -0.1) is 0 Å². The summed E-state index contributed by atoms with van der Waals surface area (Å²) >= 11 is 1.61. The van der Waals surface area contributed by atoms with Crippen LogP contribution in [-0.4, -0.2) is 15.0 Å². The highest BCUT2D eigenvalue weighted by Gasteiger charge is 2.08. The molecule has 0 amide bonds. The second-order valence-electron chi connectivity index (χ2n) is 6.29. The Morgan fingerprint density at radius 3 is 2.82 bits per heavy atom. The van der Waals surface area contributed by atoms with Gasteiger partial charge in [0.1, 0.15) is 11.5 Å². The number of hydrogen-bond donors (Lipinski definition) is 1. The van der Waals surface area contributed by atoms with Gasteiger partial charge in [-0.2, -0.15) is 0 Å². The Labute approximate surface area is 165 Å². The molecule has 28 heavy (non-hydrogen) atoms. The number of ether oxygens (including phenoxy) is 1. The number of benzene rings is 2. The Morgan fingerprint density at radius 1 is 0.929 bits per heavy atom. The molecule has 0 aliphatic heterocycles. The van der Waals surface area contributed by atoms with Crippen molar-refractivity contribution in [1.82, 2.24) is 15.0 Å².